The van der Waals surface area contributed by atoms with Gasteiger partial charge in [0, 0.05) is 25.7 Å². The van der Waals surface area contributed by atoms with E-state index in [1.807, 2.05) is 0 Å². The summed E-state index contributed by atoms with van der Waals surface area (Å²) in [5.74, 6) is -6.39. The van der Waals surface area contributed by atoms with E-state index in [1.165, 1.54) is 17.6 Å². The second-order valence-electron chi connectivity index (χ2n) is 8.52. The fourth-order valence-electron chi connectivity index (χ4n) is 3.76. The van der Waals surface area contributed by atoms with Crippen LogP contribution in [0.4, 0.5) is 46.6 Å². The molecule has 1 saturated carbocycles. The van der Waals surface area contributed by atoms with Gasteiger partial charge in [-0.15, -0.1) is 5.10 Å². The molecule has 0 bridgehead atoms. The molecule has 1 amide bonds. The van der Waals surface area contributed by atoms with Crippen molar-refractivity contribution in [3.8, 4) is 0 Å². The van der Waals surface area contributed by atoms with Gasteiger partial charge in [-0.25, -0.2) is 18.1 Å². The lowest BCUT2D eigenvalue weighted by Crippen LogP contribution is -2.55. The number of aromatic nitrogens is 4. The zero-order valence-electron chi connectivity index (χ0n) is 19.8. The minimum Gasteiger partial charge on any atom is -0.475 e. The van der Waals surface area contributed by atoms with Gasteiger partial charge in [0.2, 0.25) is 0 Å². The van der Waals surface area contributed by atoms with E-state index in [1.54, 1.807) is 18.2 Å². The molecular weight excluding hydrogens is 550 g/mol. The number of hydrogen-bond acceptors (Lipinski definition) is 6. The first-order valence-electron chi connectivity index (χ1n) is 11.0. The highest BCUT2D eigenvalue weighted by Crippen LogP contribution is 2.34. The van der Waals surface area contributed by atoms with Gasteiger partial charge in [-0.1, -0.05) is 0 Å². The Labute approximate surface area is 213 Å². The summed E-state index contributed by atoms with van der Waals surface area (Å²) >= 11 is 0. The number of nitrogens with two attached hydrogens (primary N) is 1. The molecule has 10 nitrogen and oxygen atoms in total. The van der Waals surface area contributed by atoms with Crippen LogP contribution in [0.25, 0.3) is 5.52 Å². The Bertz CT molecular complexity index is 1350. The molecule has 0 aromatic carbocycles. The topological polar surface area (TPSA) is 140 Å². The second-order valence-corrected chi connectivity index (χ2v) is 8.52. The summed E-state index contributed by atoms with van der Waals surface area (Å²) in [5.41, 5.74) is 4.43. The van der Waals surface area contributed by atoms with Crippen molar-refractivity contribution in [3.05, 3.63) is 41.9 Å². The summed E-state index contributed by atoms with van der Waals surface area (Å²) in [6, 6.07) is 3.99. The third kappa shape index (κ3) is 6.92. The second kappa shape index (κ2) is 10.7. The van der Waals surface area contributed by atoms with Gasteiger partial charge >= 0.3 is 18.3 Å². The van der Waals surface area contributed by atoms with Gasteiger partial charge in [0.25, 0.3) is 11.8 Å². The van der Waals surface area contributed by atoms with Crippen molar-refractivity contribution in [2.45, 2.75) is 49.6 Å². The minimum atomic E-state index is -5.08. The molecule has 214 valence electrons. The Hall–Kier alpha value is -3.96. The number of anilines is 2. The summed E-state index contributed by atoms with van der Waals surface area (Å²) in [6.07, 6.45) is -8.35. The zero-order valence-corrected chi connectivity index (χ0v) is 19.8. The van der Waals surface area contributed by atoms with Crippen LogP contribution in [0.1, 0.15) is 35.4 Å². The number of carboxylic acids is 1. The molecule has 0 saturated heterocycles. The van der Waals surface area contributed by atoms with Crippen molar-refractivity contribution in [1.29, 1.82) is 0 Å². The number of halogens is 8. The van der Waals surface area contributed by atoms with Crippen LogP contribution in [0.3, 0.4) is 0 Å². The number of rotatable bonds is 4. The van der Waals surface area contributed by atoms with E-state index >= 15 is 0 Å². The van der Waals surface area contributed by atoms with Gasteiger partial charge in [0.05, 0.1) is 17.2 Å². The first-order chi connectivity index (χ1) is 17.9. The van der Waals surface area contributed by atoms with E-state index in [0.717, 1.165) is 10.9 Å². The maximum Gasteiger partial charge on any atom is 0.490 e. The fourth-order valence-corrected chi connectivity index (χ4v) is 3.76. The van der Waals surface area contributed by atoms with Gasteiger partial charge in [-0.2, -0.15) is 31.4 Å². The molecule has 4 rings (SSSR count). The molecule has 3 heterocycles. The maximum absolute atomic E-state index is 13.9. The van der Waals surface area contributed by atoms with Crippen LogP contribution in [0.15, 0.2) is 30.5 Å². The van der Waals surface area contributed by atoms with Crippen molar-refractivity contribution in [2.75, 3.05) is 10.6 Å². The third-order valence-corrected chi connectivity index (χ3v) is 5.60. The number of alkyl halides is 8. The zero-order chi connectivity index (χ0) is 29.3. The summed E-state index contributed by atoms with van der Waals surface area (Å²) in [4.78, 5) is 21.6. The van der Waals surface area contributed by atoms with Crippen molar-refractivity contribution in [3.63, 3.8) is 0 Å². The number of carbonyl (C=O) groups is 2. The van der Waals surface area contributed by atoms with Gasteiger partial charge in [-0.05, 0) is 37.1 Å². The molecule has 39 heavy (non-hydrogen) atoms. The average molecular weight is 571 g/mol. The number of nitrogens with one attached hydrogen (secondary N) is 2. The number of nitrogens with zero attached hydrogens (tertiary/aromatic N) is 4. The highest BCUT2D eigenvalue weighted by atomic mass is 19.4. The normalized spacial score (nSPS) is 19.2. The molecule has 0 spiro atoms. The van der Waals surface area contributed by atoms with Gasteiger partial charge in [-0.3, -0.25) is 9.48 Å². The maximum atomic E-state index is 13.9. The monoisotopic (exact) mass is 571 g/mol. The Morgan fingerprint density at radius 2 is 1.72 bits per heavy atom. The van der Waals surface area contributed by atoms with Crippen molar-refractivity contribution in [2.24, 2.45) is 12.8 Å². The lowest BCUT2D eigenvalue weighted by Gasteiger charge is -2.36. The van der Waals surface area contributed by atoms with E-state index in [0.29, 0.717) is 18.4 Å². The number of aryl methyl sites for hydroxylation is 1. The molecule has 3 aromatic rings. The number of aliphatic carboxylic acids is 1. The van der Waals surface area contributed by atoms with E-state index in [4.69, 9.17) is 15.6 Å². The van der Waals surface area contributed by atoms with Crippen molar-refractivity contribution < 1.29 is 49.8 Å². The van der Waals surface area contributed by atoms with Crippen molar-refractivity contribution >= 4 is 28.9 Å². The van der Waals surface area contributed by atoms with Crippen LogP contribution in [0.2, 0.25) is 0 Å². The molecule has 2 atom stereocenters. The highest BCUT2D eigenvalue weighted by molar-refractivity contribution is 6.04. The van der Waals surface area contributed by atoms with Gasteiger partial charge in [0.1, 0.15) is 11.5 Å². The molecule has 3 aromatic heterocycles. The molecular formula is C21H21F8N7O3. The summed E-state index contributed by atoms with van der Waals surface area (Å²) in [5, 5.41) is 19.8. The molecule has 0 radical (unpaired) electrons. The number of carbonyl (C=O) groups excluding carboxylic acids is 1. The Morgan fingerprint density at radius 1 is 1.10 bits per heavy atom. The molecule has 18 heteroatoms. The number of carboxylic acid groups (broad SMARTS) is 1. The number of hydrogen-bond donors (Lipinski definition) is 4. The summed E-state index contributed by atoms with van der Waals surface area (Å²) < 4.78 is 101. The van der Waals surface area contributed by atoms with Crippen LogP contribution in [0.5, 0.6) is 0 Å². The smallest absolute Gasteiger partial charge is 0.475 e. The van der Waals surface area contributed by atoms with Crippen LogP contribution in [-0.4, -0.2) is 60.6 Å². The predicted octanol–water partition coefficient (Wildman–Crippen LogP) is 3.90. The van der Waals surface area contributed by atoms with Gasteiger partial charge in [0.15, 0.2) is 5.69 Å². The minimum absolute atomic E-state index is 0.0427. The largest absolute Gasteiger partial charge is 0.490 e. The van der Waals surface area contributed by atoms with E-state index in [-0.39, 0.29) is 17.9 Å². The Morgan fingerprint density at radius 3 is 2.31 bits per heavy atom. The van der Waals surface area contributed by atoms with E-state index in [9.17, 15) is 39.9 Å². The van der Waals surface area contributed by atoms with Crippen molar-refractivity contribution in [1.82, 2.24) is 19.4 Å². The van der Waals surface area contributed by atoms with Crippen LogP contribution < -0.4 is 16.4 Å². The number of amides is 1. The van der Waals surface area contributed by atoms with Crippen LogP contribution in [-0.2, 0) is 18.0 Å². The Balaban J connectivity index is 0.000000532. The highest BCUT2D eigenvalue weighted by Gasteiger charge is 2.45. The quantitative estimate of drug-likeness (QED) is 0.349. The van der Waals surface area contributed by atoms with Gasteiger partial charge < -0.3 is 21.5 Å². The molecule has 0 unspecified atom stereocenters. The molecule has 1 aliphatic carbocycles. The van der Waals surface area contributed by atoms with Crippen LogP contribution >= 0.6 is 0 Å². The predicted molar refractivity (Wildman–Crippen MR) is 119 cm³/mol. The molecule has 5 N–H and O–H groups in total. The molecule has 0 aliphatic heterocycles. The standard InChI is InChI=1S/C19H20F5N7O.C2HF3O2/c1-30-9-12(16(29-30)19(22,23)24)27-17(32)13-6-4-10-5-7-14(28-31(10)13)26-11-3-2-8-18(20,21)15(11)25;3-2(4,5)1(6)7/h4-7,9,11,15H,2-3,8,25H2,1H3,(H,26,28)(H,27,32);(H,6,7)/t11-,15-;/m1./s1. The summed E-state index contributed by atoms with van der Waals surface area (Å²) in [6.45, 7) is 0. The number of fused-ring (bicyclic) bond motifs is 1. The lowest BCUT2D eigenvalue weighted by molar-refractivity contribution is -0.192. The first-order valence-corrected chi connectivity index (χ1v) is 11.0. The van der Waals surface area contributed by atoms with E-state index in [2.05, 4.69) is 20.8 Å². The van der Waals surface area contributed by atoms with Crippen LogP contribution in [0, 0.1) is 0 Å². The molecule has 1 aliphatic rings. The first kappa shape index (κ1) is 29.6. The molecule has 1 fully saturated rings. The fraction of sp³-hybridized carbons (Fsp3) is 0.429. The Kier molecular flexibility index (Phi) is 8.09. The SMILES string of the molecule is Cn1cc(NC(=O)c2ccc3ccc(N[C@@H]4CCCC(F)(F)[C@@H]4N)nn23)c(C(F)(F)F)n1.O=C(O)C(F)(F)F. The summed E-state index contributed by atoms with van der Waals surface area (Å²) in [7, 11) is 1.30. The van der Waals surface area contributed by atoms with E-state index < -0.39 is 53.6 Å². The average Bonchev–Trinajstić information content (AvgIpc) is 3.39. The third-order valence-electron chi connectivity index (χ3n) is 5.60. The lowest BCUT2D eigenvalue weighted by atomic mass is 9.87.